The van der Waals surface area contributed by atoms with Crippen molar-refractivity contribution in [2.75, 3.05) is 51.3 Å². The van der Waals surface area contributed by atoms with E-state index in [-0.39, 0.29) is 5.69 Å². The van der Waals surface area contributed by atoms with E-state index in [2.05, 4.69) is 20.2 Å². The van der Waals surface area contributed by atoms with E-state index in [1.807, 2.05) is 24.3 Å². The van der Waals surface area contributed by atoms with Crippen molar-refractivity contribution in [3.05, 3.63) is 80.9 Å². The number of nitrogens with zero attached hydrogens (tertiary/aromatic N) is 5. The Labute approximate surface area is 201 Å². The second-order valence-electron chi connectivity index (χ2n) is 8.17. The van der Waals surface area contributed by atoms with Crippen LogP contribution in [-0.4, -0.2) is 71.5 Å². The highest BCUT2D eigenvalue weighted by atomic mass is 19.1. The predicted molar refractivity (Wildman–Crippen MR) is 129 cm³/mol. The van der Waals surface area contributed by atoms with Gasteiger partial charge in [-0.3, -0.25) is 19.1 Å². The minimum atomic E-state index is -0.793. The Morgan fingerprint density at radius 2 is 1.63 bits per heavy atom. The minimum absolute atomic E-state index is 0.246. The van der Waals surface area contributed by atoms with Crippen LogP contribution in [0.4, 0.5) is 10.1 Å². The van der Waals surface area contributed by atoms with E-state index in [0.29, 0.717) is 13.1 Å². The Balaban J connectivity index is 1.34. The maximum Gasteiger partial charge on any atom is 0.351 e. The number of carbonyl (C=O) groups excluding carboxylic acids is 1. The van der Waals surface area contributed by atoms with Crippen molar-refractivity contribution in [1.82, 2.24) is 24.6 Å². The predicted octanol–water partition coefficient (Wildman–Crippen LogP) is 0.631. The molecule has 1 fully saturated rings. The lowest BCUT2D eigenvalue weighted by Crippen LogP contribution is -2.49. The van der Waals surface area contributed by atoms with Crippen LogP contribution in [-0.2, 0) is 7.05 Å². The van der Waals surface area contributed by atoms with E-state index in [0.717, 1.165) is 46.9 Å². The minimum Gasteiger partial charge on any atom is -0.497 e. The number of carbonyl (C=O) groups is 1. The number of aromatic nitrogens is 3. The summed E-state index contributed by atoms with van der Waals surface area (Å²) < 4.78 is 20.2. The number of piperazine rings is 1. The lowest BCUT2D eigenvalue weighted by molar-refractivity contribution is 0.0938. The normalized spacial score (nSPS) is 14.1. The molecular formula is C24H27FN6O4. The van der Waals surface area contributed by atoms with Gasteiger partial charge < -0.3 is 15.0 Å². The summed E-state index contributed by atoms with van der Waals surface area (Å²) in [4.78, 5) is 42.2. The van der Waals surface area contributed by atoms with Crippen LogP contribution in [0.2, 0.25) is 0 Å². The molecule has 1 aliphatic heterocycles. The van der Waals surface area contributed by atoms with E-state index in [1.54, 1.807) is 7.11 Å². The number of anilines is 1. The Bertz CT molecular complexity index is 1300. The zero-order valence-electron chi connectivity index (χ0n) is 19.6. The first-order valence-electron chi connectivity index (χ1n) is 11.2. The first-order chi connectivity index (χ1) is 16.9. The molecule has 3 aromatic rings. The van der Waals surface area contributed by atoms with Crippen molar-refractivity contribution in [3.8, 4) is 11.4 Å². The molecule has 0 bridgehead atoms. The summed E-state index contributed by atoms with van der Waals surface area (Å²) in [5, 5.41) is 6.68. The molecule has 1 aromatic heterocycles. The van der Waals surface area contributed by atoms with Crippen LogP contribution in [0.25, 0.3) is 5.69 Å². The molecule has 4 rings (SSSR count). The maximum atomic E-state index is 13.2. The molecule has 1 amide bonds. The molecule has 0 saturated carbocycles. The fourth-order valence-corrected chi connectivity index (χ4v) is 3.90. The SMILES string of the molecule is COc1ccc(N2CCN(CCNC(=O)c3nn(-c4ccc(F)cc4)c(=O)n(C)c3=O)CC2)cc1. The van der Waals surface area contributed by atoms with Crippen LogP contribution in [0.15, 0.2) is 58.1 Å². The molecule has 2 aromatic carbocycles. The summed E-state index contributed by atoms with van der Waals surface area (Å²) in [6.45, 7) is 4.30. The summed E-state index contributed by atoms with van der Waals surface area (Å²) in [7, 11) is 2.91. The largest absolute Gasteiger partial charge is 0.497 e. The fourth-order valence-electron chi connectivity index (χ4n) is 3.90. The van der Waals surface area contributed by atoms with E-state index < -0.39 is 28.7 Å². The van der Waals surface area contributed by atoms with Crippen LogP contribution in [0.3, 0.4) is 0 Å². The number of ether oxygens (including phenoxy) is 1. The number of halogens is 1. The molecule has 184 valence electrons. The number of methoxy groups -OCH3 is 1. The van der Waals surface area contributed by atoms with E-state index in [1.165, 1.54) is 31.3 Å². The molecule has 0 aliphatic carbocycles. The molecule has 2 heterocycles. The highest BCUT2D eigenvalue weighted by molar-refractivity contribution is 5.91. The first-order valence-corrected chi connectivity index (χ1v) is 11.2. The number of amides is 1. The van der Waals surface area contributed by atoms with Crippen molar-refractivity contribution in [1.29, 1.82) is 0 Å². The van der Waals surface area contributed by atoms with Crippen LogP contribution in [0.5, 0.6) is 5.75 Å². The topological polar surface area (TPSA) is 102 Å². The van der Waals surface area contributed by atoms with Crippen molar-refractivity contribution in [2.45, 2.75) is 0 Å². The van der Waals surface area contributed by atoms with Crippen LogP contribution < -0.4 is 26.2 Å². The lowest BCUT2D eigenvalue weighted by Gasteiger charge is -2.36. The standard InChI is InChI=1S/C24H27FN6O4/c1-28-23(33)21(27-31(24(28)34)19-5-3-17(25)4-6-19)22(32)26-11-12-29-13-15-30(16-14-29)18-7-9-20(35-2)10-8-18/h3-10H,11-16H2,1-2H3,(H,26,32). The molecular weight excluding hydrogens is 455 g/mol. The molecule has 1 N–H and O–H groups in total. The third kappa shape index (κ3) is 5.40. The van der Waals surface area contributed by atoms with Gasteiger partial charge in [-0.2, -0.15) is 9.78 Å². The highest BCUT2D eigenvalue weighted by Gasteiger charge is 2.20. The average Bonchev–Trinajstić information content (AvgIpc) is 2.88. The number of hydrogen-bond acceptors (Lipinski definition) is 7. The molecule has 11 heteroatoms. The van der Waals surface area contributed by atoms with Gasteiger partial charge in [0.15, 0.2) is 0 Å². The summed E-state index contributed by atoms with van der Waals surface area (Å²) in [5.74, 6) is -0.326. The van der Waals surface area contributed by atoms with E-state index >= 15 is 0 Å². The zero-order chi connectivity index (χ0) is 24.9. The Morgan fingerprint density at radius 1 is 1.00 bits per heavy atom. The van der Waals surface area contributed by atoms with Gasteiger partial charge in [-0.05, 0) is 48.5 Å². The quantitative estimate of drug-likeness (QED) is 0.527. The molecule has 35 heavy (non-hydrogen) atoms. The molecule has 1 aliphatic rings. The highest BCUT2D eigenvalue weighted by Crippen LogP contribution is 2.20. The second kappa shape index (κ2) is 10.5. The van der Waals surface area contributed by atoms with Gasteiger partial charge >= 0.3 is 5.69 Å². The van der Waals surface area contributed by atoms with Gasteiger partial charge in [0.1, 0.15) is 11.6 Å². The van der Waals surface area contributed by atoms with Crippen LogP contribution >= 0.6 is 0 Å². The summed E-state index contributed by atoms with van der Waals surface area (Å²) in [6.07, 6.45) is 0. The van der Waals surface area contributed by atoms with Crippen molar-refractivity contribution < 1.29 is 13.9 Å². The molecule has 10 nitrogen and oxygen atoms in total. The third-order valence-electron chi connectivity index (χ3n) is 5.99. The van der Waals surface area contributed by atoms with Gasteiger partial charge in [-0.15, -0.1) is 0 Å². The Hall–Kier alpha value is -3.99. The van der Waals surface area contributed by atoms with Crippen LogP contribution in [0, 0.1) is 5.82 Å². The second-order valence-corrected chi connectivity index (χ2v) is 8.17. The van der Waals surface area contributed by atoms with Crippen molar-refractivity contribution in [2.24, 2.45) is 7.05 Å². The van der Waals surface area contributed by atoms with Gasteiger partial charge in [-0.25, -0.2) is 9.18 Å². The number of nitrogens with one attached hydrogen (secondary N) is 1. The molecule has 0 unspecified atom stereocenters. The smallest absolute Gasteiger partial charge is 0.351 e. The van der Waals surface area contributed by atoms with Crippen molar-refractivity contribution in [3.63, 3.8) is 0 Å². The molecule has 0 radical (unpaired) electrons. The fraction of sp³-hybridized carbons (Fsp3) is 0.333. The van der Waals surface area contributed by atoms with Gasteiger partial charge in [0, 0.05) is 52.0 Å². The number of rotatable bonds is 7. The van der Waals surface area contributed by atoms with E-state index in [4.69, 9.17) is 4.74 Å². The van der Waals surface area contributed by atoms with Gasteiger partial charge in [0.25, 0.3) is 11.5 Å². The molecule has 0 spiro atoms. The Morgan fingerprint density at radius 3 is 2.26 bits per heavy atom. The Kier molecular flexibility index (Phi) is 7.25. The maximum absolute atomic E-state index is 13.2. The summed E-state index contributed by atoms with van der Waals surface area (Å²) >= 11 is 0. The van der Waals surface area contributed by atoms with Gasteiger partial charge in [0.05, 0.1) is 12.8 Å². The number of benzene rings is 2. The van der Waals surface area contributed by atoms with Gasteiger partial charge in [-0.1, -0.05) is 0 Å². The average molecular weight is 483 g/mol. The monoisotopic (exact) mass is 482 g/mol. The molecule has 0 atom stereocenters. The molecule has 1 saturated heterocycles. The first kappa shape index (κ1) is 24.1. The van der Waals surface area contributed by atoms with E-state index in [9.17, 15) is 18.8 Å². The van der Waals surface area contributed by atoms with Crippen molar-refractivity contribution >= 4 is 11.6 Å². The third-order valence-corrected chi connectivity index (χ3v) is 5.99. The summed E-state index contributed by atoms with van der Waals surface area (Å²) in [6, 6.07) is 13.0. The number of hydrogen-bond donors (Lipinski definition) is 1. The van der Waals surface area contributed by atoms with Gasteiger partial charge in [0.2, 0.25) is 5.69 Å². The lowest BCUT2D eigenvalue weighted by atomic mass is 10.2. The summed E-state index contributed by atoms with van der Waals surface area (Å²) in [5.41, 5.74) is -0.541. The zero-order valence-corrected chi connectivity index (χ0v) is 19.6. The van der Waals surface area contributed by atoms with Crippen LogP contribution in [0.1, 0.15) is 10.5 Å².